The first-order chi connectivity index (χ1) is 10.3. The largest absolute Gasteiger partial charge is 0.419 e. The number of hydrogen-bond donors (Lipinski definition) is 1. The maximum Gasteiger partial charge on any atom is 0.257 e. The Morgan fingerprint density at radius 3 is 3.05 bits per heavy atom. The van der Waals surface area contributed by atoms with Crippen molar-refractivity contribution in [2.75, 3.05) is 0 Å². The molecule has 1 fully saturated rings. The second kappa shape index (κ2) is 5.54. The highest BCUT2D eigenvalue weighted by molar-refractivity contribution is 9.11. The van der Waals surface area contributed by atoms with E-state index >= 15 is 0 Å². The van der Waals surface area contributed by atoms with Gasteiger partial charge in [-0.1, -0.05) is 11.8 Å². The van der Waals surface area contributed by atoms with Gasteiger partial charge >= 0.3 is 0 Å². The number of thioether (sulfide) groups is 1. The summed E-state index contributed by atoms with van der Waals surface area (Å²) in [7, 11) is 0. The van der Waals surface area contributed by atoms with E-state index in [-0.39, 0.29) is 0 Å². The lowest BCUT2D eigenvalue weighted by molar-refractivity contribution is 0.529. The average molecular weight is 384 g/mol. The van der Waals surface area contributed by atoms with Crippen LogP contribution in [-0.4, -0.2) is 25.4 Å². The van der Waals surface area contributed by atoms with Crippen LogP contribution in [0.15, 0.2) is 25.5 Å². The Bertz CT molecular complexity index is 763. The second-order valence-corrected chi connectivity index (χ2v) is 8.08. The van der Waals surface area contributed by atoms with Crippen LogP contribution >= 0.6 is 39.0 Å². The third-order valence-electron chi connectivity index (χ3n) is 3.02. The molecule has 0 bridgehead atoms. The molecule has 6 nitrogen and oxygen atoms in total. The Labute approximate surface area is 136 Å². The van der Waals surface area contributed by atoms with Crippen LogP contribution in [-0.2, 0) is 5.75 Å². The molecule has 0 spiro atoms. The topological polar surface area (TPSA) is 80.5 Å². The second-order valence-electron chi connectivity index (χ2n) is 4.67. The summed E-state index contributed by atoms with van der Waals surface area (Å²) in [5.74, 6) is 3.28. The van der Waals surface area contributed by atoms with Gasteiger partial charge in [-0.05, 0) is 40.9 Å². The first-order valence-corrected chi connectivity index (χ1v) is 9.00. The zero-order valence-corrected chi connectivity index (χ0v) is 14.0. The van der Waals surface area contributed by atoms with Crippen molar-refractivity contribution in [1.29, 1.82) is 0 Å². The molecular weight excluding hydrogens is 374 g/mol. The number of halogens is 1. The molecule has 0 radical (unpaired) electrons. The van der Waals surface area contributed by atoms with Gasteiger partial charge in [0.25, 0.3) is 5.89 Å². The van der Waals surface area contributed by atoms with E-state index < -0.39 is 0 Å². The molecule has 0 amide bonds. The molecule has 3 heterocycles. The number of hydrogen-bond acceptors (Lipinski definition) is 7. The van der Waals surface area contributed by atoms with E-state index in [1.807, 2.05) is 12.1 Å². The van der Waals surface area contributed by atoms with Crippen LogP contribution in [0.25, 0.3) is 10.8 Å². The molecular formula is C12H10BrN5OS2. The molecule has 9 heteroatoms. The van der Waals surface area contributed by atoms with Crippen molar-refractivity contribution in [1.82, 2.24) is 25.4 Å². The fourth-order valence-electron chi connectivity index (χ4n) is 1.83. The number of rotatable bonds is 5. The Morgan fingerprint density at radius 1 is 1.38 bits per heavy atom. The lowest BCUT2D eigenvalue weighted by Crippen LogP contribution is -1.83. The standard InChI is InChI=1S/C12H10BrN5OS2/c13-8-4-3-7(21-8)11-17-15-9(19-11)5-20-12-14-10(16-18-12)6-1-2-6/h3-4,6H,1-2,5H2,(H,14,16,18). The predicted molar refractivity (Wildman–Crippen MR) is 83.2 cm³/mol. The molecule has 0 aromatic carbocycles. The summed E-state index contributed by atoms with van der Waals surface area (Å²) in [4.78, 5) is 5.42. The molecule has 0 aliphatic heterocycles. The highest BCUT2D eigenvalue weighted by atomic mass is 79.9. The molecule has 1 aliphatic rings. The van der Waals surface area contributed by atoms with Crippen LogP contribution in [0, 0.1) is 0 Å². The maximum absolute atomic E-state index is 5.65. The summed E-state index contributed by atoms with van der Waals surface area (Å²) in [6.45, 7) is 0. The van der Waals surface area contributed by atoms with E-state index in [2.05, 4.69) is 41.3 Å². The normalized spacial score (nSPS) is 14.7. The van der Waals surface area contributed by atoms with Crippen LogP contribution in [0.5, 0.6) is 0 Å². The predicted octanol–water partition coefficient (Wildman–Crippen LogP) is 3.85. The smallest absolute Gasteiger partial charge is 0.257 e. The minimum Gasteiger partial charge on any atom is -0.419 e. The van der Waals surface area contributed by atoms with E-state index in [0.29, 0.717) is 23.5 Å². The lowest BCUT2D eigenvalue weighted by atomic mass is 10.4. The molecule has 1 saturated carbocycles. The third kappa shape index (κ3) is 3.04. The number of aromatic nitrogens is 5. The highest BCUT2D eigenvalue weighted by Gasteiger charge is 2.27. The number of aromatic amines is 1. The fraction of sp³-hybridized carbons (Fsp3) is 0.333. The van der Waals surface area contributed by atoms with E-state index in [1.54, 1.807) is 11.3 Å². The van der Waals surface area contributed by atoms with Gasteiger partial charge in [0.2, 0.25) is 11.0 Å². The Kier molecular flexibility index (Phi) is 3.56. The minimum atomic E-state index is 0.551. The molecule has 4 rings (SSSR count). The Hall–Kier alpha value is -1.19. The summed E-state index contributed by atoms with van der Waals surface area (Å²) in [5, 5.41) is 16.0. The quantitative estimate of drug-likeness (QED) is 0.673. The van der Waals surface area contributed by atoms with Gasteiger partial charge in [0.05, 0.1) is 14.4 Å². The number of thiophene rings is 1. The van der Waals surface area contributed by atoms with Crippen molar-refractivity contribution in [2.45, 2.75) is 29.7 Å². The van der Waals surface area contributed by atoms with Crippen molar-refractivity contribution in [3.63, 3.8) is 0 Å². The zero-order chi connectivity index (χ0) is 14.2. The van der Waals surface area contributed by atoms with E-state index in [4.69, 9.17) is 4.42 Å². The van der Waals surface area contributed by atoms with E-state index in [1.165, 1.54) is 24.6 Å². The zero-order valence-electron chi connectivity index (χ0n) is 10.7. The van der Waals surface area contributed by atoms with Gasteiger partial charge in [0.15, 0.2) is 0 Å². The molecule has 108 valence electrons. The third-order valence-corrected chi connectivity index (χ3v) is 5.47. The van der Waals surface area contributed by atoms with Crippen molar-refractivity contribution in [3.8, 4) is 10.8 Å². The van der Waals surface area contributed by atoms with Crippen molar-refractivity contribution in [3.05, 3.63) is 27.6 Å². The van der Waals surface area contributed by atoms with Crippen LogP contribution in [0.4, 0.5) is 0 Å². The van der Waals surface area contributed by atoms with Gasteiger partial charge in [-0.3, -0.25) is 5.10 Å². The first-order valence-electron chi connectivity index (χ1n) is 6.41. The van der Waals surface area contributed by atoms with Gasteiger partial charge in [0.1, 0.15) is 5.82 Å². The number of nitrogens with zero attached hydrogens (tertiary/aromatic N) is 4. The molecule has 0 atom stereocenters. The summed E-state index contributed by atoms with van der Waals surface area (Å²) in [5.41, 5.74) is 0. The number of nitrogens with one attached hydrogen (secondary N) is 1. The molecule has 21 heavy (non-hydrogen) atoms. The summed E-state index contributed by atoms with van der Waals surface area (Å²) in [6.07, 6.45) is 2.42. The van der Waals surface area contributed by atoms with Gasteiger partial charge in [-0.25, -0.2) is 4.98 Å². The monoisotopic (exact) mass is 383 g/mol. The van der Waals surface area contributed by atoms with Crippen LogP contribution < -0.4 is 0 Å². The molecule has 0 saturated heterocycles. The van der Waals surface area contributed by atoms with Gasteiger partial charge in [-0.2, -0.15) is 0 Å². The van der Waals surface area contributed by atoms with Crippen molar-refractivity contribution < 1.29 is 4.42 Å². The van der Waals surface area contributed by atoms with Crippen molar-refractivity contribution >= 4 is 39.0 Å². The summed E-state index contributed by atoms with van der Waals surface area (Å²) in [6, 6.07) is 3.92. The van der Waals surface area contributed by atoms with Gasteiger partial charge in [0, 0.05) is 5.92 Å². The summed E-state index contributed by atoms with van der Waals surface area (Å²) >= 11 is 6.48. The van der Waals surface area contributed by atoms with E-state index in [9.17, 15) is 0 Å². The molecule has 3 aromatic heterocycles. The number of H-pyrrole nitrogens is 1. The highest BCUT2D eigenvalue weighted by Crippen LogP contribution is 2.38. The van der Waals surface area contributed by atoms with Crippen molar-refractivity contribution in [2.24, 2.45) is 0 Å². The average Bonchev–Trinajstić information content (AvgIpc) is 2.92. The summed E-state index contributed by atoms with van der Waals surface area (Å²) < 4.78 is 6.69. The molecule has 0 unspecified atom stereocenters. The SMILES string of the molecule is Brc1ccc(-c2nnc(CSc3n[nH]c(C4CC4)n3)o2)s1. The minimum absolute atomic E-state index is 0.551. The van der Waals surface area contributed by atoms with Gasteiger partial charge < -0.3 is 4.42 Å². The van der Waals surface area contributed by atoms with Gasteiger partial charge in [-0.15, -0.1) is 26.6 Å². The molecule has 1 aliphatic carbocycles. The van der Waals surface area contributed by atoms with E-state index in [0.717, 1.165) is 19.6 Å². The Morgan fingerprint density at radius 2 is 2.29 bits per heavy atom. The lowest BCUT2D eigenvalue weighted by Gasteiger charge is -1.90. The maximum atomic E-state index is 5.65. The van der Waals surface area contributed by atoms with Crippen LogP contribution in [0.3, 0.4) is 0 Å². The van der Waals surface area contributed by atoms with Crippen LogP contribution in [0.1, 0.15) is 30.5 Å². The van der Waals surface area contributed by atoms with Crippen LogP contribution in [0.2, 0.25) is 0 Å². The first kappa shape index (κ1) is 13.5. The fourth-order valence-corrected chi connectivity index (χ4v) is 3.78. The molecule has 1 N–H and O–H groups in total. The Balaban J connectivity index is 1.41. The molecule has 3 aromatic rings.